The quantitative estimate of drug-likeness (QED) is 0.548. The highest BCUT2D eigenvalue weighted by Gasteiger charge is 2.51. The minimum Gasteiger partial charge on any atom is -0.453 e. The maximum atomic E-state index is 14.7. The van der Waals surface area contributed by atoms with Crippen LogP contribution in [0.5, 0.6) is 11.5 Å². The van der Waals surface area contributed by atoms with Gasteiger partial charge in [-0.15, -0.1) is 4.73 Å². The summed E-state index contributed by atoms with van der Waals surface area (Å²) in [6, 6.07) is 6.27. The highest BCUT2D eigenvalue weighted by molar-refractivity contribution is 7.90. The largest absolute Gasteiger partial charge is 0.453 e. The first-order valence-corrected chi connectivity index (χ1v) is 12.0. The van der Waals surface area contributed by atoms with E-state index in [0.29, 0.717) is 24.7 Å². The average Bonchev–Trinajstić information content (AvgIpc) is 2.75. The summed E-state index contributed by atoms with van der Waals surface area (Å²) in [6.45, 7) is 0.669. The van der Waals surface area contributed by atoms with Gasteiger partial charge in [-0.2, -0.15) is 22.4 Å². The molecule has 0 radical (unpaired) electrons. The van der Waals surface area contributed by atoms with Crippen LogP contribution < -0.4 is 19.9 Å². The summed E-state index contributed by atoms with van der Waals surface area (Å²) in [5.74, 6) is -3.82. The molecule has 2 aromatic carbocycles. The van der Waals surface area contributed by atoms with E-state index >= 15 is 0 Å². The van der Waals surface area contributed by atoms with E-state index in [1.807, 2.05) is 0 Å². The van der Waals surface area contributed by atoms with Crippen molar-refractivity contribution in [1.82, 2.24) is 14.0 Å². The molecule has 1 spiro atoms. The number of nitriles is 1. The lowest BCUT2D eigenvalue weighted by Gasteiger charge is -2.54. The molecule has 182 valence electrons. The fraction of sp³-hybridized carbons (Fsp3) is 0.318. The number of aromatic nitrogens is 2. The van der Waals surface area contributed by atoms with Gasteiger partial charge in [0.2, 0.25) is 5.82 Å². The van der Waals surface area contributed by atoms with E-state index < -0.39 is 44.4 Å². The lowest BCUT2D eigenvalue weighted by atomic mass is 9.65. The van der Waals surface area contributed by atoms with Gasteiger partial charge in [-0.05, 0) is 36.5 Å². The lowest BCUT2D eigenvalue weighted by molar-refractivity contribution is -0.00752. The third-order valence-corrected chi connectivity index (χ3v) is 7.84. The number of hydrogen-bond acceptors (Lipinski definition) is 7. The number of fused-ring (bicyclic) bond motifs is 1. The SMILES string of the molecule is COn1cnc2ccc(Oc3c(F)c(F)cc(NS(=O)(=O)N4CC5(CCC5)C4)c3C#N)cc2c1=O. The molecule has 0 bridgehead atoms. The Balaban J connectivity index is 1.49. The number of rotatable bonds is 6. The van der Waals surface area contributed by atoms with Crippen molar-refractivity contribution in [3.8, 4) is 17.6 Å². The molecular formula is C22H19F2N5O5S. The van der Waals surface area contributed by atoms with E-state index in [4.69, 9.17) is 9.57 Å². The summed E-state index contributed by atoms with van der Waals surface area (Å²) in [6.07, 6.45) is 4.12. The van der Waals surface area contributed by atoms with Crippen LogP contribution in [0.25, 0.3) is 10.9 Å². The molecular weight excluding hydrogens is 484 g/mol. The molecule has 2 heterocycles. The molecule has 3 aromatic rings. The summed E-state index contributed by atoms with van der Waals surface area (Å²) in [4.78, 5) is 21.4. The lowest BCUT2D eigenvalue weighted by Crippen LogP contribution is -2.62. The van der Waals surface area contributed by atoms with Crippen LogP contribution in [0, 0.1) is 28.4 Å². The second-order valence-electron chi connectivity index (χ2n) is 8.60. The molecule has 35 heavy (non-hydrogen) atoms. The maximum absolute atomic E-state index is 14.7. The molecule has 0 atom stereocenters. The van der Waals surface area contributed by atoms with Gasteiger partial charge in [0.25, 0.3) is 5.56 Å². The number of hydrogen-bond donors (Lipinski definition) is 1. The molecule has 1 saturated heterocycles. The zero-order valence-electron chi connectivity index (χ0n) is 18.4. The van der Waals surface area contributed by atoms with Crippen molar-refractivity contribution in [2.45, 2.75) is 19.3 Å². The number of benzene rings is 2. The fourth-order valence-corrected chi connectivity index (χ4v) is 5.81. The number of nitrogens with zero attached hydrogens (tertiary/aromatic N) is 4. The van der Waals surface area contributed by atoms with Crippen molar-refractivity contribution in [2.75, 3.05) is 24.9 Å². The van der Waals surface area contributed by atoms with Gasteiger partial charge in [-0.3, -0.25) is 9.52 Å². The van der Waals surface area contributed by atoms with Crippen molar-refractivity contribution >= 4 is 26.8 Å². The molecule has 2 aliphatic rings. The monoisotopic (exact) mass is 503 g/mol. The van der Waals surface area contributed by atoms with Crippen LogP contribution in [0.3, 0.4) is 0 Å². The minimum absolute atomic E-state index is 0.00144. The van der Waals surface area contributed by atoms with Crippen LogP contribution in [0.4, 0.5) is 14.5 Å². The van der Waals surface area contributed by atoms with Gasteiger partial charge in [0, 0.05) is 19.2 Å². The predicted molar refractivity (Wildman–Crippen MR) is 120 cm³/mol. The molecule has 1 aromatic heterocycles. The Kier molecular flexibility index (Phi) is 5.37. The van der Waals surface area contributed by atoms with Gasteiger partial charge in [-0.1, -0.05) is 6.42 Å². The summed E-state index contributed by atoms with van der Waals surface area (Å²) in [7, 11) is -2.83. The number of halogens is 2. The number of ether oxygens (including phenoxy) is 1. The van der Waals surface area contributed by atoms with Gasteiger partial charge in [0.05, 0.1) is 16.6 Å². The molecule has 10 nitrogen and oxygen atoms in total. The van der Waals surface area contributed by atoms with E-state index in [0.717, 1.165) is 24.0 Å². The minimum atomic E-state index is -4.10. The van der Waals surface area contributed by atoms with E-state index in [1.165, 1.54) is 35.9 Å². The summed E-state index contributed by atoms with van der Waals surface area (Å²) in [5.41, 5.74) is -1.29. The van der Waals surface area contributed by atoms with Crippen LogP contribution in [0.15, 0.2) is 35.4 Å². The molecule has 1 N–H and O–H groups in total. The topological polar surface area (TPSA) is 127 Å². The normalized spacial score (nSPS) is 16.9. The fourth-order valence-electron chi connectivity index (χ4n) is 4.35. The number of anilines is 1. The molecule has 5 rings (SSSR count). The molecule has 1 aliphatic heterocycles. The third-order valence-electron chi connectivity index (χ3n) is 6.42. The zero-order valence-corrected chi connectivity index (χ0v) is 19.2. The van der Waals surface area contributed by atoms with E-state index in [1.54, 1.807) is 6.07 Å². The van der Waals surface area contributed by atoms with Crippen LogP contribution >= 0.6 is 0 Å². The number of nitrogens with one attached hydrogen (secondary N) is 1. The second kappa shape index (κ2) is 8.17. The molecule has 1 aliphatic carbocycles. The van der Waals surface area contributed by atoms with Gasteiger partial charge >= 0.3 is 10.2 Å². The van der Waals surface area contributed by atoms with Crippen LogP contribution in [-0.4, -0.2) is 42.6 Å². The standard InChI is InChI=1S/C22H19F2N5O5S/c1-33-29-12-26-17-4-3-13(7-14(17)21(29)30)34-20-15(9-25)18(8-16(23)19(20)24)27-35(31,32)28-10-22(11-28)5-2-6-22/h3-4,7-8,12,27H,2,5-6,10-11H2,1H3. The van der Waals surface area contributed by atoms with Crippen molar-refractivity contribution in [2.24, 2.45) is 5.41 Å². The highest BCUT2D eigenvalue weighted by Crippen LogP contribution is 2.49. The first-order valence-electron chi connectivity index (χ1n) is 10.6. The Bertz CT molecular complexity index is 1560. The Morgan fingerprint density at radius 1 is 1.23 bits per heavy atom. The Hall–Kier alpha value is -3.76. The summed E-state index contributed by atoms with van der Waals surface area (Å²) < 4.78 is 64.4. The Morgan fingerprint density at radius 3 is 2.60 bits per heavy atom. The second-order valence-corrected chi connectivity index (χ2v) is 10.3. The van der Waals surface area contributed by atoms with Crippen molar-refractivity contribution in [1.29, 1.82) is 5.26 Å². The molecule has 13 heteroatoms. The van der Waals surface area contributed by atoms with Crippen molar-refractivity contribution in [3.05, 3.63) is 58.1 Å². The van der Waals surface area contributed by atoms with Crippen LogP contribution in [-0.2, 0) is 10.2 Å². The van der Waals surface area contributed by atoms with Crippen LogP contribution in [0.1, 0.15) is 24.8 Å². The van der Waals surface area contributed by atoms with E-state index in [-0.39, 0.29) is 16.6 Å². The molecule has 0 unspecified atom stereocenters. The highest BCUT2D eigenvalue weighted by atomic mass is 32.2. The van der Waals surface area contributed by atoms with Gasteiger partial charge < -0.3 is 9.57 Å². The van der Waals surface area contributed by atoms with Crippen LogP contribution in [0.2, 0.25) is 0 Å². The van der Waals surface area contributed by atoms with Gasteiger partial charge in [0.15, 0.2) is 11.6 Å². The molecule has 0 amide bonds. The zero-order chi connectivity index (χ0) is 25.0. The van der Waals surface area contributed by atoms with Crippen molar-refractivity contribution < 1.29 is 26.8 Å². The Morgan fingerprint density at radius 2 is 1.97 bits per heavy atom. The average molecular weight is 503 g/mol. The van der Waals surface area contributed by atoms with Gasteiger partial charge in [0.1, 0.15) is 30.8 Å². The van der Waals surface area contributed by atoms with E-state index in [9.17, 15) is 27.3 Å². The summed E-state index contributed by atoms with van der Waals surface area (Å²) in [5, 5.41) is 9.73. The smallest absolute Gasteiger partial charge is 0.301 e. The third kappa shape index (κ3) is 3.84. The molecule has 1 saturated carbocycles. The first kappa shape index (κ1) is 23.0. The Labute approximate surface area is 198 Å². The first-order chi connectivity index (χ1) is 16.7. The maximum Gasteiger partial charge on any atom is 0.301 e. The molecule has 2 fully saturated rings. The van der Waals surface area contributed by atoms with Gasteiger partial charge in [-0.25, -0.2) is 9.37 Å². The summed E-state index contributed by atoms with van der Waals surface area (Å²) >= 11 is 0. The predicted octanol–water partition coefficient (Wildman–Crippen LogP) is 2.54. The van der Waals surface area contributed by atoms with E-state index in [2.05, 4.69) is 9.71 Å². The van der Waals surface area contributed by atoms with Crippen molar-refractivity contribution in [3.63, 3.8) is 0 Å².